The van der Waals surface area contributed by atoms with E-state index in [0.717, 1.165) is 6.07 Å². The van der Waals surface area contributed by atoms with Gasteiger partial charge in [0.25, 0.3) is 11.5 Å². The van der Waals surface area contributed by atoms with E-state index < -0.39 is 17.2 Å². The first-order chi connectivity index (χ1) is 7.63. The highest BCUT2D eigenvalue weighted by molar-refractivity contribution is 5.91. The molecule has 0 aliphatic carbocycles. The first-order valence-corrected chi connectivity index (χ1v) is 4.26. The fraction of sp³-hybridized carbons (Fsp3) is 0.286. The molecule has 0 aliphatic heterocycles. The van der Waals surface area contributed by atoms with Crippen molar-refractivity contribution in [2.45, 2.75) is 0 Å². The Kier molecular flexibility index (Phi) is 3.87. The highest BCUT2D eigenvalue weighted by Crippen LogP contribution is 1.84. The first-order valence-electron chi connectivity index (χ1n) is 4.26. The van der Waals surface area contributed by atoms with Gasteiger partial charge in [0.1, 0.15) is 5.69 Å². The molecule has 1 aromatic heterocycles. The van der Waals surface area contributed by atoms with E-state index in [1.54, 1.807) is 0 Å². The lowest BCUT2D eigenvalue weighted by atomic mass is 10.4. The highest BCUT2D eigenvalue weighted by atomic mass is 16.2. The van der Waals surface area contributed by atoms with Gasteiger partial charge in [-0.3, -0.25) is 14.6 Å². The van der Waals surface area contributed by atoms with E-state index >= 15 is 0 Å². The number of rotatable bonds is 4. The van der Waals surface area contributed by atoms with E-state index in [0.29, 0.717) is 0 Å². The topological polar surface area (TPSA) is 144 Å². The van der Waals surface area contributed by atoms with E-state index in [-0.39, 0.29) is 18.8 Å². The third kappa shape index (κ3) is 3.31. The lowest BCUT2D eigenvalue weighted by Gasteiger charge is -2.01. The summed E-state index contributed by atoms with van der Waals surface area (Å²) in [6.45, 7) is 0.216. The second-order valence-corrected chi connectivity index (χ2v) is 2.71. The highest BCUT2D eigenvalue weighted by Gasteiger charge is 2.06. The quantitative estimate of drug-likeness (QED) is 0.264. The van der Waals surface area contributed by atoms with E-state index in [1.165, 1.54) is 0 Å². The average Bonchev–Trinajstić information content (AvgIpc) is 2.22. The summed E-state index contributed by atoms with van der Waals surface area (Å²) in [7, 11) is 0. The average molecular weight is 224 g/mol. The number of carbonyl (C=O) groups excluding carboxylic acids is 1. The maximum absolute atomic E-state index is 11.3. The number of hydrogen-bond donors (Lipinski definition) is 3. The van der Waals surface area contributed by atoms with Crippen LogP contribution in [0.3, 0.4) is 0 Å². The predicted molar refractivity (Wildman–Crippen MR) is 54.0 cm³/mol. The molecule has 1 rings (SSSR count). The molecule has 84 valence electrons. The lowest BCUT2D eigenvalue weighted by Crippen LogP contribution is -2.32. The van der Waals surface area contributed by atoms with E-state index in [9.17, 15) is 14.4 Å². The van der Waals surface area contributed by atoms with Crippen molar-refractivity contribution in [2.24, 2.45) is 5.11 Å². The third-order valence-electron chi connectivity index (χ3n) is 1.57. The third-order valence-corrected chi connectivity index (χ3v) is 1.57. The van der Waals surface area contributed by atoms with Crippen molar-refractivity contribution in [3.8, 4) is 0 Å². The maximum Gasteiger partial charge on any atom is 0.326 e. The molecule has 0 fully saturated rings. The summed E-state index contributed by atoms with van der Waals surface area (Å²) >= 11 is 0. The van der Waals surface area contributed by atoms with Crippen molar-refractivity contribution in [3.63, 3.8) is 0 Å². The van der Waals surface area contributed by atoms with Gasteiger partial charge in [0, 0.05) is 24.1 Å². The van der Waals surface area contributed by atoms with Crippen LogP contribution >= 0.6 is 0 Å². The lowest BCUT2D eigenvalue weighted by molar-refractivity contribution is 0.0949. The van der Waals surface area contributed by atoms with Crippen LogP contribution in [0.1, 0.15) is 10.5 Å². The van der Waals surface area contributed by atoms with Crippen molar-refractivity contribution in [3.05, 3.63) is 43.0 Å². The van der Waals surface area contributed by atoms with Gasteiger partial charge in [-0.25, -0.2) is 4.79 Å². The summed E-state index contributed by atoms with van der Waals surface area (Å²) in [5.41, 5.74) is 6.41. The van der Waals surface area contributed by atoms with Gasteiger partial charge >= 0.3 is 5.69 Å². The van der Waals surface area contributed by atoms with E-state index in [2.05, 4.69) is 20.3 Å². The Balaban J connectivity index is 2.69. The van der Waals surface area contributed by atoms with Crippen LogP contribution in [0.5, 0.6) is 0 Å². The van der Waals surface area contributed by atoms with Crippen molar-refractivity contribution in [2.75, 3.05) is 13.1 Å². The second-order valence-electron chi connectivity index (χ2n) is 2.71. The molecule has 1 heterocycles. The number of azide groups is 1. The summed E-state index contributed by atoms with van der Waals surface area (Å²) in [5.74, 6) is -0.615. The van der Waals surface area contributed by atoms with Crippen molar-refractivity contribution < 1.29 is 4.79 Å². The molecule has 0 saturated heterocycles. The van der Waals surface area contributed by atoms with Gasteiger partial charge in [-0.15, -0.1) is 0 Å². The number of carbonyl (C=O) groups is 1. The molecular formula is C7H8N6O3. The summed E-state index contributed by atoms with van der Waals surface area (Å²) in [6.07, 6.45) is 0. The molecule has 0 radical (unpaired) electrons. The molecule has 0 bridgehead atoms. The molecule has 16 heavy (non-hydrogen) atoms. The Morgan fingerprint density at radius 1 is 1.50 bits per heavy atom. The summed E-state index contributed by atoms with van der Waals surface area (Å²) in [4.78, 5) is 39.6. The summed E-state index contributed by atoms with van der Waals surface area (Å²) in [6, 6.07) is 0.963. The molecule has 1 aromatic rings. The summed E-state index contributed by atoms with van der Waals surface area (Å²) < 4.78 is 0. The molecule has 0 spiro atoms. The van der Waals surface area contributed by atoms with Crippen molar-refractivity contribution in [1.82, 2.24) is 15.3 Å². The predicted octanol–water partition coefficient (Wildman–Crippen LogP) is -0.897. The molecule has 3 N–H and O–H groups in total. The molecule has 1 amide bonds. The number of nitrogens with zero attached hydrogens (tertiary/aromatic N) is 3. The summed E-state index contributed by atoms with van der Waals surface area (Å²) in [5, 5.41) is 5.56. The molecule has 0 aromatic carbocycles. The van der Waals surface area contributed by atoms with Crippen LogP contribution in [0.15, 0.2) is 20.8 Å². The van der Waals surface area contributed by atoms with Gasteiger partial charge in [-0.2, -0.15) is 0 Å². The fourth-order valence-corrected chi connectivity index (χ4v) is 0.950. The van der Waals surface area contributed by atoms with Gasteiger partial charge in [0.2, 0.25) is 0 Å². The van der Waals surface area contributed by atoms with E-state index in [1.807, 2.05) is 4.98 Å². The van der Waals surface area contributed by atoms with Crippen LogP contribution < -0.4 is 16.6 Å². The number of aromatic amines is 2. The molecule has 0 saturated carbocycles. The van der Waals surface area contributed by atoms with Gasteiger partial charge in [0.15, 0.2) is 0 Å². The minimum atomic E-state index is -0.757. The second kappa shape index (κ2) is 5.37. The molecule has 0 aliphatic rings. The van der Waals surface area contributed by atoms with Gasteiger partial charge in [-0.1, -0.05) is 5.11 Å². The smallest absolute Gasteiger partial charge is 0.326 e. The Bertz CT molecular complexity index is 509. The molecule has 9 heteroatoms. The van der Waals surface area contributed by atoms with Crippen LogP contribution in [0.4, 0.5) is 0 Å². The zero-order chi connectivity index (χ0) is 12.0. The van der Waals surface area contributed by atoms with Crippen molar-refractivity contribution >= 4 is 5.91 Å². The fourth-order valence-electron chi connectivity index (χ4n) is 0.950. The van der Waals surface area contributed by atoms with Crippen LogP contribution in [0.25, 0.3) is 10.4 Å². The maximum atomic E-state index is 11.3. The van der Waals surface area contributed by atoms with Crippen LogP contribution in [-0.2, 0) is 0 Å². The Morgan fingerprint density at radius 3 is 2.88 bits per heavy atom. The van der Waals surface area contributed by atoms with Gasteiger partial charge < -0.3 is 10.3 Å². The molecule has 0 atom stereocenters. The number of hydrogen-bond acceptors (Lipinski definition) is 4. The minimum Gasteiger partial charge on any atom is -0.351 e. The normalized spacial score (nSPS) is 9.25. The number of amides is 1. The Labute approximate surface area is 88.1 Å². The SMILES string of the molecule is [N-]=[N+]=NCCNC(=O)c1cc(=O)[nH]c(=O)[nH]1. The molecule has 9 nitrogen and oxygen atoms in total. The van der Waals surface area contributed by atoms with Gasteiger partial charge in [-0.05, 0) is 5.53 Å². The number of nitrogens with one attached hydrogen (secondary N) is 3. The van der Waals surface area contributed by atoms with Crippen molar-refractivity contribution in [1.29, 1.82) is 0 Å². The van der Waals surface area contributed by atoms with Crippen LogP contribution in [0, 0.1) is 0 Å². The first kappa shape index (κ1) is 11.5. The molecular weight excluding hydrogens is 216 g/mol. The Morgan fingerprint density at radius 2 is 2.25 bits per heavy atom. The van der Waals surface area contributed by atoms with Crippen LogP contribution in [-0.4, -0.2) is 29.0 Å². The molecule has 0 unspecified atom stereocenters. The standard InChI is InChI=1S/C7H8N6O3/c8-13-10-2-1-9-6(15)4-3-5(14)12-7(16)11-4/h3H,1-2H2,(H,9,15)(H2,11,12,14,16). The monoisotopic (exact) mass is 224 g/mol. The number of aromatic nitrogens is 2. The minimum absolute atomic E-state index is 0.0929. The zero-order valence-corrected chi connectivity index (χ0v) is 8.06. The van der Waals surface area contributed by atoms with E-state index in [4.69, 9.17) is 5.53 Å². The van der Waals surface area contributed by atoms with Crippen LogP contribution in [0.2, 0.25) is 0 Å². The largest absolute Gasteiger partial charge is 0.351 e. The number of H-pyrrole nitrogens is 2. The Hall–Kier alpha value is -2.54. The van der Waals surface area contributed by atoms with Gasteiger partial charge in [0.05, 0.1) is 0 Å². The zero-order valence-electron chi connectivity index (χ0n) is 8.06.